The Morgan fingerprint density at radius 1 is 1.30 bits per heavy atom. The van der Waals surface area contributed by atoms with Gasteiger partial charge >= 0.3 is 0 Å². The second-order valence-electron chi connectivity index (χ2n) is 6.21. The Bertz CT molecular complexity index is 405. The first kappa shape index (κ1) is 13.7. The Morgan fingerprint density at radius 2 is 1.90 bits per heavy atom. The zero-order chi connectivity index (χ0) is 14.3. The molecule has 2 bridgehead atoms. The number of rotatable bonds is 2. The minimum absolute atomic E-state index is 0.0638. The van der Waals surface area contributed by atoms with Crippen molar-refractivity contribution in [1.82, 2.24) is 15.1 Å². The predicted octanol–water partition coefficient (Wildman–Crippen LogP) is -0.241. The maximum atomic E-state index is 11.7. The van der Waals surface area contributed by atoms with Crippen LogP contribution in [0.4, 0.5) is 0 Å². The van der Waals surface area contributed by atoms with Crippen molar-refractivity contribution in [2.75, 3.05) is 40.8 Å². The maximum Gasteiger partial charge on any atom is 0.241 e. The van der Waals surface area contributed by atoms with E-state index in [0.717, 1.165) is 19.0 Å². The molecule has 0 saturated carbocycles. The highest BCUT2D eigenvalue weighted by Gasteiger charge is 2.53. The Balaban J connectivity index is 1.57. The highest BCUT2D eigenvalue weighted by atomic mass is 16.5. The van der Waals surface area contributed by atoms with Crippen LogP contribution in [-0.4, -0.2) is 74.7 Å². The quantitative estimate of drug-likeness (QED) is 0.560. The van der Waals surface area contributed by atoms with Crippen LogP contribution >= 0.6 is 0 Å². The number of nitrogens with zero attached hydrogens (tertiary/aromatic N) is 3. The number of hydrogen-bond donors (Lipinski definition) is 1. The van der Waals surface area contributed by atoms with Gasteiger partial charge in [0.15, 0.2) is 5.96 Å². The van der Waals surface area contributed by atoms with Crippen LogP contribution in [0.25, 0.3) is 0 Å². The smallest absolute Gasteiger partial charge is 0.241 e. The number of guanidine groups is 1. The molecule has 0 aromatic carbocycles. The van der Waals surface area contributed by atoms with E-state index in [1.54, 1.807) is 26.0 Å². The summed E-state index contributed by atoms with van der Waals surface area (Å²) < 4.78 is 5.98. The third kappa shape index (κ3) is 2.26. The molecule has 6 nitrogen and oxygen atoms in total. The fraction of sp³-hybridized carbons (Fsp3) is 0.857. The zero-order valence-electron chi connectivity index (χ0n) is 12.5. The van der Waals surface area contributed by atoms with Crippen molar-refractivity contribution in [3.05, 3.63) is 0 Å². The van der Waals surface area contributed by atoms with Gasteiger partial charge in [0.1, 0.15) is 0 Å². The maximum absolute atomic E-state index is 11.7. The molecule has 3 aliphatic rings. The standard InChI is InChI=1S/C14H24N4O2/c1-15-14(16-6-13(19)17(2)3)18-7-9-10(8-18)12-5-4-11(9)20-12/h9-12H,4-8H2,1-3H3,(H,15,16). The summed E-state index contributed by atoms with van der Waals surface area (Å²) in [6.45, 7) is 2.30. The second kappa shape index (κ2) is 5.24. The van der Waals surface area contributed by atoms with Crippen molar-refractivity contribution in [1.29, 1.82) is 0 Å². The number of likely N-dealkylation sites (N-methyl/N-ethyl adjacent to an activating group) is 1. The summed E-state index contributed by atoms with van der Waals surface area (Å²) in [5, 5.41) is 3.18. The van der Waals surface area contributed by atoms with E-state index >= 15 is 0 Å². The van der Waals surface area contributed by atoms with E-state index in [4.69, 9.17) is 4.74 Å². The summed E-state index contributed by atoms with van der Waals surface area (Å²) in [5.41, 5.74) is 0. The number of likely N-dealkylation sites (tertiary alicyclic amines) is 1. The van der Waals surface area contributed by atoms with Gasteiger partial charge in [-0.2, -0.15) is 0 Å². The molecule has 0 aromatic rings. The lowest BCUT2D eigenvalue weighted by atomic mass is 9.82. The first-order valence-electron chi connectivity index (χ1n) is 7.41. The third-order valence-electron chi connectivity index (χ3n) is 4.86. The van der Waals surface area contributed by atoms with Crippen molar-refractivity contribution < 1.29 is 9.53 Å². The number of amides is 1. The molecule has 1 N–H and O–H groups in total. The minimum Gasteiger partial charge on any atom is -0.374 e. The summed E-state index contributed by atoms with van der Waals surface area (Å²) in [4.78, 5) is 19.9. The molecular formula is C14H24N4O2. The molecule has 3 saturated heterocycles. The van der Waals surface area contributed by atoms with Gasteiger partial charge in [-0.15, -0.1) is 0 Å². The lowest BCUT2D eigenvalue weighted by molar-refractivity contribution is -0.127. The van der Waals surface area contributed by atoms with Crippen LogP contribution in [0.15, 0.2) is 4.99 Å². The van der Waals surface area contributed by atoms with Crippen LogP contribution in [0.3, 0.4) is 0 Å². The van der Waals surface area contributed by atoms with Crippen molar-refractivity contribution in [2.45, 2.75) is 25.0 Å². The van der Waals surface area contributed by atoms with E-state index in [9.17, 15) is 4.79 Å². The van der Waals surface area contributed by atoms with E-state index in [-0.39, 0.29) is 5.91 Å². The molecule has 4 atom stereocenters. The number of fused-ring (bicyclic) bond motifs is 5. The van der Waals surface area contributed by atoms with Gasteiger partial charge in [-0.1, -0.05) is 0 Å². The van der Waals surface area contributed by atoms with Crippen LogP contribution in [0.2, 0.25) is 0 Å². The molecule has 6 heteroatoms. The Hall–Kier alpha value is -1.30. The van der Waals surface area contributed by atoms with E-state index in [1.807, 2.05) is 0 Å². The molecule has 3 rings (SSSR count). The van der Waals surface area contributed by atoms with Gasteiger partial charge in [0.2, 0.25) is 5.91 Å². The van der Waals surface area contributed by atoms with E-state index < -0.39 is 0 Å². The van der Waals surface area contributed by atoms with Crippen molar-refractivity contribution in [3.63, 3.8) is 0 Å². The molecule has 3 heterocycles. The number of nitrogens with one attached hydrogen (secondary N) is 1. The Kier molecular flexibility index (Phi) is 3.58. The topological polar surface area (TPSA) is 57.2 Å². The Labute approximate surface area is 120 Å². The van der Waals surface area contributed by atoms with E-state index in [0.29, 0.717) is 30.6 Å². The molecule has 3 aliphatic heterocycles. The normalized spacial score (nSPS) is 35.4. The summed E-state index contributed by atoms with van der Waals surface area (Å²) in [7, 11) is 5.31. The summed E-state index contributed by atoms with van der Waals surface area (Å²) in [6, 6.07) is 0. The molecule has 3 fully saturated rings. The molecule has 0 aromatic heterocycles. The lowest BCUT2D eigenvalue weighted by Gasteiger charge is -2.23. The van der Waals surface area contributed by atoms with E-state index in [1.165, 1.54) is 12.8 Å². The van der Waals surface area contributed by atoms with Crippen LogP contribution in [-0.2, 0) is 9.53 Å². The summed E-state index contributed by atoms with van der Waals surface area (Å²) in [6.07, 6.45) is 3.34. The van der Waals surface area contributed by atoms with Gasteiger partial charge in [-0.25, -0.2) is 0 Å². The number of aliphatic imine (C=N–C) groups is 1. The SMILES string of the molecule is CN=C(NCC(=O)N(C)C)N1CC2C3CCC(O3)C2C1. The first-order chi connectivity index (χ1) is 9.60. The van der Waals surface area contributed by atoms with Gasteiger partial charge in [-0.05, 0) is 12.8 Å². The van der Waals surface area contributed by atoms with Crippen molar-refractivity contribution >= 4 is 11.9 Å². The molecule has 112 valence electrons. The zero-order valence-corrected chi connectivity index (χ0v) is 12.5. The predicted molar refractivity (Wildman–Crippen MR) is 76.5 cm³/mol. The second-order valence-corrected chi connectivity index (χ2v) is 6.21. The summed E-state index contributed by atoms with van der Waals surface area (Å²) in [5.74, 6) is 2.21. The molecule has 4 unspecified atom stereocenters. The third-order valence-corrected chi connectivity index (χ3v) is 4.86. The number of hydrogen-bond acceptors (Lipinski definition) is 3. The lowest BCUT2D eigenvalue weighted by Crippen LogP contribution is -2.45. The van der Waals surface area contributed by atoms with Crippen molar-refractivity contribution in [2.24, 2.45) is 16.8 Å². The number of ether oxygens (including phenoxy) is 1. The average Bonchev–Trinajstić information content (AvgIpc) is 3.11. The fourth-order valence-corrected chi connectivity index (χ4v) is 3.78. The first-order valence-corrected chi connectivity index (χ1v) is 7.41. The molecule has 0 spiro atoms. The van der Waals surface area contributed by atoms with Gasteiger partial charge in [0.25, 0.3) is 0 Å². The van der Waals surface area contributed by atoms with Crippen LogP contribution in [0.5, 0.6) is 0 Å². The molecule has 20 heavy (non-hydrogen) atoms. The molecule has 0 radical (unpaired) electrons. The van der Waals surface area contributed by atoms with Crippen LogP contribution in [0, 0.1) is 11.8 Å². The monoisotopic (exact) mass is 280 g/mol. The van der Waals surface area contributed by atoms with Gasteiger partial charge < -0.3 is 19.9 Å². The Morgan fingerprint density at radius 3 is 2.40 bits per heavy atom. The van der Waals surface area contributed by atoms with E-state index in [2.05, 4.69) is 15.2 Å². The minimum atomic E-state index is 0.0638. The largest absolute Gasteiger partial charge is 0.374 e. The highest BCUT2D eigenvalue weighted by molar-refractivity contribution is 5.86. The molecular weight excluding hydrogens is 256 g/mol. The van der Waals surface area contributed by atoms with Gasteiger partial charge in [0.05, 0.1) is 18.8 Å². The van der Waals surface area contributed by atoms with Crippen LogP contribution in [0.1, 0.15) is 12.8 Å². The van der Waals surface area contributed by atoms with Gasteiger partial charge in [-0.3, -0.25) is 9.79 Å². The van der Waals surface area contributed by atoms with Crippen molar-refractivity contribution in [3.8, 4) is 0 Å². The van der Waals surface area contributed by atoms with Crippen LogP contribution < -0.4 is 5.32 Å². The molecule has 1 amide bonds. The average molecular weight is 280 g/mol. The summed E-state index contributed by atoms with van der Waals surface area (Å²) >= 11 is 0. The number of carbonyl (C=O) groups excluding carboxylic acids is 1. The van der Waals surface area contributed by atoms with Gasteiger partial charge in [0, 0.05) is 46.1 Å². The highest BCUT2D eigenvalue weighted by Crippen LogP contribution is 2.47. The molecule has 0 aliphatic carbocycles. The fourth-order valence-electron chi connectivity index (χ4n) is 3.78. The number of carbonyl (C=O) groups is 1.